The third kappa shape index (κ3) is 4.98. The van der Waals surface area contributed by atoms with Crippen molar-refractivity contribution in [3.05, 3.63) is 46.8 Å². The summed E-state index contributed by atoms with van der Waals surface area (Å²) in [5.41, 5.74) is 9.66. The Labute approximate surface area is 212 Å². The molecule has 1 saturated heterocycles. The lowest BCUT2D eigenvalue weighted by Crippen LogP contribution is -2.35. The molecule has 0 spiro atoms. The molecular weight excluding hydrogens is 478 g/mol. The Bertz CT molecular complexity index is 1390. The van der Waals surface area contributed by atoms with Crippen LogP contribution in [-0.2, 0) is 20.8 Å². The van der Waals surface area contributed by atoms with Crippen molar-refractivity contribution < 1.29 is 19.1 Å². The van der Waals surface area contributed by atoms with Crippen molar-refractivity contribution in [1.82, 2.24) is 14.9 Å². The van der Waals surface area contributed by atoms with Crippen LogP contribution in [0.3, 0.4) is 0 Å². The van der Waals surface area contributed by atoms with Crippen molar-refractivity contribution in [3.8, 4) is 10.6 Å². The third-order valence-electron chi connectivity index (χ3n) is 6.34. The molecule has 0 saturated carbocycles. The van der Waals surface area contributed by atoms with E-state index in [0.29, 0.717) is 42.0 Å². The first-order valence-corrected chi connectivity index (χ1v) is 12.8. The zero-order valence-corrected chi connectivity index (χ0v) is 21.0. The number of rotatable bonds is 10. The van der Waals surface area contributed by atoms with Crippen LogP contribution in [0.25, 0.3) is 32.5 Å². The number of fused-ring (bicyclic) bond motifs is 3. The molecule has 1 fully saturated rings. The Morgan fingerprint density at radius 3 is 2.86 bits per heavy atom. The van der Waals surface area contributed by atoms with E-state index < -0.39 is 5.91 Å². The summed E-state index contributed by atoms with van der Waals surface area (Å²) in [7, 11) is 0. The van der Waals surface area contributed by atoms with Gasteiger partial charge in [-0.25, -0.2) is 4.98 Å². The van der Waals surface area contributed by atoms with E-state index in [-0.39, 0.29) is 0 Å². The topological polar surface area (TPSA) is 114 Å². The van der Waals surface area contributed by atoms with Crippen LogP contribution in [0, 0.1) is 0 Å². The standard InChI is InChI=1S/C26H29N5O4S/c1-2-34-12-9-31(16-32)17-3-5-19-21(13-17)28-25-20(26(27)33)14-22(29-24(19)25)23-6-4-18(36-23)15-30-7-10-35-11-8-30/h3-6,13-14,16,28H,2,7-12,15H2,1H3,(H2,27,33). The fourth-order valence-electron chi connectivity index (χ4n) is 4.47. The Kier molecular flexibility index (Phi) is 7.28. The van der Waals surface area contributed by atoms with Crippen molar-refractivity contribution >= 4 is 51.3 Å². The number of nitrogens with zero attached hydrogens (tertiary/aromatic N) is 3. The van der Waals surface area contributed by atoms with Crippen LogP contribution in [0.4, 0.5) is 5.69 Å². The van der Waals surface area contributed by atoms with E-state index in [9.17, 15) is 9.59 Å². The minimum atomic E-state index is -0.522. The summed E-state index contributed by atoms with van der Waals surface area (Å²) < 4.78 is 10.8. The second-order valence-electron chi connectivity index (χ2n) is 8.65. The minimum absolute atomic E-state index is 0.388. The molecule has 0 bridgehead atoms. The van der Waals surface area contributed by atoms with Gasteiger partial charge >= 0.3 is 0 Å². The lowest BCUT2D eigenvalue weighted by atomic mass is 10.1. The maximum atomic E-state index is 12.4. The number of hydrogen-bond donors (Lipinski definition) is 2. The van der Waals surface area contributed by atoms with Gasteiger partial charge in [0, 0.05) is 48.7 Å². The van der Waals surface area contributed by atoms with Gasteiger partial charge in [-0.15, -0.1) is 11.3 Å². The third-order valence-corrected chi connectivity index (χ3v) is 7.43. The van der Waals surface area contributed by atoms with Gasteiger partial charge in [-0.05, 0) is 43.3 Å². The Balaban J connectivity index is 1.50. The summed E-state index contributed by atoms with van der Waals surface area (Å²) >= 11 is 1.67. The largest absolute Gasteiger partial charge is 0.380 e. The molecule has 4 heterocycles. The van der Waals surface area contributed by atoms with Gasteiger partial charge in [0.1, 0.15) is 0 Å². The van der Waals surface area contributed by atoms with Gasteiger partial charge in [-0.3, -0.25) is 14.5 Å². The number of thiophene rings is 1. The van der Waals surface area contributed by atoms with E-state index in [1.165, 1.54) is 4.88 Å². The van der Waals surface area contributed by atoms with E-state index >= 15 is 0 Å². The summed E-state index contributed by atoms with van der Waals surface area (Å²) in [5, 5.41) is 0.860. The number of pyridine rings is 1. The number of carbonyl (C=O) groups is 2. The molecule has 1 aromatic carbocycles. The van der Waals surface area contributed by atoms with Gasteiger partial charge in [-0.1, -0.05) is 0 Å². The van der Waals surface area contributed by atoms with Crippen molar-refractivity contribution in [3.63, 3.8) is 0 Å². The van der Waals surface area contributed by atoms with Crippen LogP contribution in [0.5, 0.6) is 0 Å². The monoisotopic (exact) mass is 507 g/mol. The Morgan fingerprint density at radius 1 is 1.28 bits per heavy atom. The SMILES string of the molecule is CCOCCN(C=O)c1ccc2c(c1)[nH]c1c(C(N)=O)cc(-c3ccc(CN4CCOCC4)s3)nc12. The zero-order valence-electron chi connectivity index (χ0n) is 20.2. The molecule has 5 rings (SSSR count). The number of hydrogen-bond acceptors (Lipinski definition) is 7. The molecule has 3 aromatic heterocycles. The number of aromatic amines is 1. The number of primary amides is 1. The first-order valence-electron chi connectivity index (χ1n) is 12.0. The molecule has 3 N–H and O–H groups in total. The zero-order chi connectivity index (χ0) is 25.1. The molecule has 9 nitrogen and oxygen atoms in total. The van der Waals surface area contributed by atoms with Gasteiger partial charge in [0.15, 0.2) is 0 Å². The molecule has 1 aliphatic heterocycles. The van der Waals surface area contributed by atoms with Crippen LogP contribution in [0.2, 0.25) is 0 Å². The van der Waals surface area contributed by atoms with Crippen LogP contribution in [-0.4, -0.2) is 73.2 Å². The average molecular weight is 508 g/mol. The number of morpholine rings is 1. The molecule has 2 amide bonds. The summed E-state index contributed by atoms with van der Waals surface area (Å²) in [6, 6.07) is 11.6. The van der Waals surface area contributed by atoms with Gasteiger partial charge in [-0.2, -0.15) is 0 Å². The molecule has 4 aromatic rings. The fourth-order valence-corrected chi connectivity index (χ4v) is 5.48. The molecule has 0 radical (unpaired) electrons. The Hall–Kier alpha value is -3.31. The summed E-state index contributed by atoms with van der Waals surface area (Å²) in [6.07, 6.45) is 0.791. The minimum Gasteiger partial charge on any atom is -0.380 e. The maximum Gasteiger partial charge on any atom is 0.250 e. The van der Waals surface area contributed by atoms with Crippen LogP contribution in [0.1, 0.15) is 22.2 Å². The summed E-state index contributed by atoms with van der Waals surface area (Å²) in [4.78, 5) is 38.5. The first-order chi connectivity index (χ1) is 17.6. The average Bonchev–Trinajstić information content (AvgIpc) is 3.50. The highest BCUT2D eigenvalue weighted by molar-refractivity contribution is 7.15. The first kappa shape index (κ1) is 24.4. The smallest absolute Gasteiger partial charge is 0.250 e. The number of anilines is 1. The van der Waals surface area contributed by atoms with Gasteiger partial charge < -0.3 is 25.1 Å². The van der Waals surface area contributed by atoms with E-state index in [1.54, 1.807) is 22.3 Å². The highest BCUT2D eigenvalue weighted by atomic mass is 32.1. The van der Waals surface area contributed by atoms with E-state index in [0.717, 1.165) is 60.7 Å². The fraction of sp³-hybridized carbons (Fsp3) is 0.346. The van der Waals surface area contributed by atoms with Crippen LogP contribution in [0.15, 0.2) is 36.4 Å². The molecule has 0 aliphatic carbocycles. The highest BCUT2D eigenvalue weighted by Crippen LogP contribution is 2.34. The normalized spacial score (nSPS) is 14.5. The van der Waals surface area contributed by atoms with Gasteiger partial charge in [0.05, 0.1) is 52.5 Å². The predicted molar refractivity (Wildman–Crippen MR) is 141 cm³/mol. The Morgan fingerprint density at radius 2 is 2.11 bits per heavy atom. The molecule has 1 aliphatic rings. The predicted octanol–water partition coefficient (Wildman–Crippen LogP) is 3.38. The summed E-state index contributed by atoms with van der Waals surface area (Å²) in [6.45, 7) is 7.65. The van der Waals surface area contributed by atoms with Crippen LogP contribution >= 0.6 is 11.3 Å². The number of aromatic nitrogens is 2. The van der Waals surface area contributed by atoms with E-state index in [2.05, 4.69) is 16.0 Å². The molecular formula is C26H29N5O4S. The number of H-pyrrole nitrogens is 1. The maximum absolute atomic E-state index is 12.4. The van der Waals surface area contributed by atoms with Crippen molar-refractivity contribution in [2.24, 2.45) is 5.73 Å². The second-order valence-corrected chi connectivity index (χ2v) is 9.82. The van der Waals surface area contributed by atoms with Gasteiger partial charge in [0.2, 0.25) is 6.41 Å². The lowest BCUT2D eigenvalue weighted by Gasteiger charge is -2.25. The molecule has 10 heteroatoms. The van der Waals surface area contributed by atoms with E-state index in [4.69, 9.17) is 20.2 Å². The van der Waals surface area contributed by atoms with E-state index in [1.807, 2.05) is 31.2 Å². The van der Waals surface area contributed by atoms with Crippen molar-refractivity contribution in [1.29, 1.82) is 0 Å². The van der Waals surface area contributed by atoms with Crippen molar-refractivity contribution in [2.75, 3.05) is 51.0 Å². The molecule has 0 unspecified atom stereocenters. The number of carbonyl (C=O) groups excluding carboxylic acids is 2. The number of benzene rings is 1. The number of nitrogens with two attached hydrogens (primary N) is 1. The number of nitrogens with one attached hydrogen (secondary N) is 1. The molecule has 188 valence electrons. The van der Waals surface area contributed by atoms with Crippen LogP contribution < -0.4 is 10.6 Å². The molecule has 36 heavy (non-hydrogen) atoms. The number of amides is 2. The molecule has 0 atom stereocenters. The van der Waals surface area contributed by atoms with Gasteiger partial charge in [0.25, 0.3) is 5.91 Å². The quantitative estimate of drug-likeness (QED) is 0.251. The lowest BCUT2D eigenvalue weighted by molar-refractivity contribution is -0.107. The number of ether oxygens (including phenoxy) is 2. The highest BCUT2D eigenvalue weighted by Gasteiger charge is 2.19. The second kappa shape index (κ2) is 10.8. The summed E-state index contributed by atoms with van der Waals surface area (Å²) in [5.74, 6) is -0.522. The van der Waals surface area contributed by atoms with Crippen molar-refractivity contribution in [2.45, 2.75) is 13.5 Å².